The molecule has 6 heteroatoms. The summed E-state index contributed by atoms with van der Waals surface area (Å²) in [5.41, 5.74) is 0.262. The van der Waals surface area contributed by atoms with Crippen molar-refractivity contribution in [3.8, 4) is 0 Å². The normalized spacial score (nSPS) is 14.6. The minimum atomic E-state index is -0.228. The molecule has 0 aromatic rings. The van der Waals surface area contributed by atoms with Crippen molar-refractivity contribution in [3.05, 3.63) is 35.4 Å². The second kappa shape index (κ2) is 7.58. The number of rotatable bonds is 7. The van der Waals surface area contributed by atoms with Crippen molar-refractivity contribution in [2.75, 3.05) is 18.8 Å². The Morgan fingerprint density at radius 2 is 2.05 bits per heavy atom. The van der Waals surface area contributed by atoms with E-state index in [2.05, 4.69) is 17.2 Å². The average molecular weight is 280 g/mol. The molecule has 2 N–H and O–H groups in total. The Hall–Kier alpha value is -1.82. The number of hydrogen-bond acceptors (Lipinski definition) is 5. The third kappa shape index (κ3) is 5.13. The summed E-state index contributed by atoms with van der Waals surface area (Å²) in [5, 5.41) is 5.43. The maximum absolute atomic E-state index is 11.8. The predicted octanol–water partition coefficient (Wildman–Crippen LogP) is 0.551. The van der Waals surface area contributed by atoms with Crippen LogP contribution in [0.15, 0.2) is 35.4 Å². The van der Waals surface area contributed by atoms with Gasteiger partial charge in [-0.05, 0) is 0 Å². The number of allylic oxidation sites excluding steroid dienone is 3. The minimum absolute atomic E-state index is 0.134. The molecule has 0 aliphatic heterocycles. The molecule has 0 bridgehead atoms. The molecular weight excluding hydrogens is 264 g/mol. The molecular formula is C13H16N2O3S. The third-order valence-corrected chi connectivity index (χ3v) is 3.25. The molecule has 1 amide bonds. The van der Waals surface area contributed by atoms with Crippen molar-refractivity contribution in [1.82, 2.24) is 10.6 Å². The second-order valence-electron chi connectivity index (χ2n) is 3.80. The number of thioether (sulfide) groups is 1. The van der Waals surface area contributed by atoms with Gasteiger partial charge in [0.05, 0.1) is 10.6 Å². The first kappa shape index (κ1) is 15.2. The van der Waals surface area contributed by atoms with Crippen molar-refractivity contribution in [3.63, 3.8) is 0 Å². The van der Waals surface area contributed by atoms with Crippen LogP contribution in [0.2, 0.25) is 0 Å². The van der Waals surface area contributed by atoms with Gasteiger partial charge in [0.2, 0.25) is 11.7 Å². The summed E-state index contributed by atoms with van der Waals surface area (Å²) in [5.74, 6) is 0.0385. The van der Waals surface area contributed by atoms with Crippen LogP contribution in [0.4, 0.5) is 0 Å². The van der Waals surface area contributed by atoms with E-state index in [1.807, 2.05) is 0 Å². The van der Waals surface area contributed by atoms with Gasteiger partial charge in [-0.1, -0.05) is 6.08 Å². The lowest BCUT2D eigenvalue weighted by molar-refractivity contribution is -0.119. The zero-order chi connectivity index (χ0) is 14.3. The van der Waals surface area contributed by atoms with Crippen LogP contribution in [0.1, 0.15) is 6.92 Å². The standard InChI is InChI=1S/C13H16N2O3S/c1-3-6-19-13-8-11(17)10(7-12(13)18)15-5-4-14-9(2)16/h3,7-8,15H,1,4-6H2,2H3,(H,14,16). The topological polar surface area (TPSA) is 75.3 Å². The number of ketones is 2. The van der Waals surface area contributed by atoms with Gasteiger partial charge in [0, 0.05) is 37.9 Å². The van der Waals surface area contributed by atoms with Crippen LogP contribution in [0.3, 0.4) is 0 Å². The fraction of sp³-hybridized carbons (Fsp3) is 0.308. The Bertz CT molecular complexity index is 467. The maximum Gasteiger partial charge on any atom is 0.216 e. The maximum atomic E-state index is 11.8. The van der Waals surface area contributed by atoms with E-state index < -0.39 is 0 Å². The van der Waals surface area contributed by atoms with Gasteiger partial charge in [0.25, 0.3) is 0 Å². The van der Waals surface area contributed by atoms with Crippen LogP contribution in [0.5, 0.6) is 0 Å². The molecule has 0 saturated carbocycles. The summed E-state index contributed by atoms with van der Waals surface area (Å²) < 4.78 is 0. The molecule has 1 rings (SSSR count). The monoisotopic (exact) mass is 280 g/mol. The number of carbonyl (C=O) groups is 3. The van der Waals surface area contributed by atoms with E-state index in [0.29, 0.717) is 23.7 Å². The Morgan fingerprint density at radius 3 is 2.68 bits per heavy atom. The second-order valence-corrected chi connectivity index (χ2v) is 4.87. The lowest BCUT2D eigenvalue weighted by Crippen LogP contribution is -2.32. The molecule has 102 valence electrons. The molecule has 5 nitrogen and oxygen atoms in total. The average Bonchev–Trinajstić information content (AvgIpc) is 2.36. The van der Waals surface area contributed by atoms with Crippen LogP contribution in [-0.4, -0.2) is 36.3 Å². The van der Waals surface area contributed by atoms with Gasteiger partial charge >= 0.3 is 0 Å². The Balaban J connectivity index is 2.50. The zero-order valence-electron chi connectivity index (χ0n) is 10.7. The summed E-state index contributed by atoms with van der Waals surface area (Å²) in [6, 6.07) is 0. The molecule has 0 saturated heterocycles. The van der Waals surface area contributed by atoms with E-state index in [-0.39, 0.29) is 23.2 Å². The molecule has 19 heavy (non-hydrogen) atoms. The largest absolute Gasteiger partial charge is 0.380 e. The number of amides is 1. The molecule has 0 heterocycles. The number of carbonyl (C=O) groups excluding carboxylic acids is 3. The highest BCUT2D eigenvalue weighted by molar-refractivity contribution is 8.04. The highest BCUT2D eigenvalue weighted by Gasteiger charge is 2.19. The van der Waals surface area contributed by atoms with Gasteiger partial charge in [0.1, 0.15) is 0 Å². The van der Waals surface area contributed by atoms with Crippen molar-refractivity contribution in [2.24, 2.45) is 0 Å². The Kier molecular flexibility index (Phi) is 6.08. The van der Waals surface area contributed by atoms with Gasteiger partial charge in [-0.25, -0.2) is 0 Å². The molecule has 0 spiro atoms. The fourth-order valence-electron chi connectivity index (χ4n) is 1.38. The molecule has 0 radical (unpaired) electrons. The van der Waals surface area contributed by atoms with Crippen molar-refractivity contribution in [2.45, 2.75) is 6.92 Å². The van der Waals surface area contributed by atoms with Gasteiger partial charge in [-0.15, -0.1) is 18.3 Å². The molecule has 0 fully saturated rings. The smallest absolute Gasteiger partial charge is 0.216 e. The van der Waals surface area contributed by atoms with Crippen LogP contribution in [0, 0.1) is 0 Å². The van der Waals surface area contributed by atoms with Gasteiger partial charge in [-0.2, -0.15) is 0 Å². The molecule has 0 atom stereocenters. The molecule has 0 aromatic carbocycles. The first-order chi connectivity index (χ1) is 9.04. The third-order valence-electron chi connectivity index (χ3n) is 2.22. The van der Waals surface area contributed by atoms with E-state index in [9.17, 15) is 14.4 Å². The van der Waals surface area contributed by atoms with E-state index in [0.717, 1.165) is 0 Å². The van der Waals surface area contributed by atoms with Crippen molar-refractivity contribution < 1.29 is 14.4 Å². The van der Waals surface area contributed by atoms with Gasteiger partial charge < -0.3 is 10.6 Å². The first-order valence-electron chi connectivity index (χ1n) is 5.78. The van der Waals surface area contributed by atoms with E-state index in [4.69, 9.17) is 0 Å². The van der Waals surface area contributed by atoms with Crippen LogP contribution in [-0.2, 0) is 14.4 Å². The number of hydrogen-bond donors (Lipinski definition) is 2. The minimum Gasteiger partial charge on any atom is -0.380 e. The highest BCUT2D eigenvalue weighted by Crippen LogP contribution is 2.21. The lowest BCUT2D eigenvalue weighted by Gasteiger charge is -2.13. The molecule has 0 unspecified atom stereocenters. The van der Waals surface area contributed by atoms with Crippen LogP contribution in [0.25, 0.3) is 0 Å². The quantitative estimate of drug-likeness (QED) is 0.405. The SMILES string of the molecule is C=CCSC1=CC(=O)C(NCCNC(C)=O)=CC1=O. The van der Waals surface area contributed by atoms with Gasteiger partial charge in [0.15, 0.2) is 5.78 Å². The van der Waals surface area contributed by atoms with Crippen molar-refractivity contribution >= 4 is 29.2 Å². The summed E-state index contributed by atoms with van der Waals surface area (Å²) in [6.45, 7) is 5.77. The molecule has 1 aliphatic rings. The van der Waals surface area contributed by atoms with Gasteiger partial charge in [-0.3, -0.25) is 14.4 Å². The molecule has 1 aliphatic carbocycles. The zero-order valence-corrected chi connectivity index (χ0v) is 11.5. The Labute approximate surface area is 116 Å². The van der Waals surface area contributed by atoms with E-state index >= 15 is 0 Å². The van der Waals surface area contributed by atoms with E-state index in [1.165, 1.54) is 30.8 Å². The first-order valence-corrected chi connectivity index (χ1v) is 6.77. The Morgan fingerprint density at radius 1 is 1.32 bits per heavy atom. The fourth-order valence-corrected chi connectivity index (χ4v) is 2.07. The highest BCUT2D eigenvalue weighted by atomic mass is 32.2. The summed E-state index contributed by atoms with van der Waals surface area (Å²) >= 11 is 1.29. The van der Waals surface area contributed by atoms with E-state index in [1.54, 1.807) is 6.08 Å². The predicted molar refractivity (Wildman–Crippen MR) is 75.5 cm³/mol. The summed E-state index contributed by atoms with van der Waals surface area (Å²) in [7, 11) is 0. The summed E-state index contributed by atoms with van der Waals surface area (Å²) in [6.07, 6.45) is 4.30. The molecule has 0 aromatic heterocycles. The van der Waals surface area contributed by atoms with Crippen LogP contribution < -0.4 is 10.6 Å². The number of nitrogens with one attached hydrogen (secondary N) is 2. The van der Waals surface area contributed by atoms with Crippen LogP contribution >= 0.6 is 11.8 Å². The summed E-state index contributed by atoms with van der Waals surface area (Å²) in [4.78, 5) is 34.6. The lowest BCUT2D eigenvalue weighted by atomic mass is 10.1. The van der Waals surface area contributed by atoms with Crippen molar-refractivity contribution in [1.29, 1.82) is 0 Å².